The highest BCUT2D eigenvalue weighted by atomic mass is 79.9. The Morgan fingerprint density at radius 2 is 2.50 bits per heavy atom. The number of hydrogen-bond donors (Lipinski definition) is 1. The van der Waals surface area contributed by atoms with Crippen LogP contribution in [0.25, 0.3) is 0 Å². The van der Waals surface area contributed by atoms with Gasteiger partial charge in [0.1, 0.15) is 9.50 Å². The van der Waals surface area contributed by atoms with Crippen molar-refractivity contribution in [2.24, 2.45) is 0 Å². The van der Waals surface area contributed by atoms with Gasteiger partial charge >= 0.3 is 0 Å². The van der Waals surface area contributed by atoms with E-state index in [0.29, 0.717) is 9.50 Å². The maximum absolute atomic E-state index is 10.8. The number of thioether (sulfide) groups is 1. The summed E-state index contributed by atoms with van der Waals surface area (Å²) in [6, 6.07) is 0. The minimum absolute atomic E-state index is 0.139. The Kier molecular flexibility index (Phi) is 2.50. The molecule has 0 spiro atoms. The third-order valence-electron chi connectivity index (χ3n) is 0.958. The van der Waals surface area contributed by atoms with E-state index in [1.807, 2.05) is 6.26 Å². The molecule has 0 radical (unpaired) electrons. The van der Waals surface area contributed by atoms with Crippen LogP contribution in [-0.2, 0) is 0 Å². The van der Waals surface area contributed by atoms with Crippen molar-refractivity contribution in [3.8, 4) is 0 Å². The van der Waals surface area contributed by atoms with Crippen LogP contribution in [0.1, 0.15) is 0 Å². The summed E-state index contributed by atoms with van der Waals surface area (Å²) in [7, 11) is 0. The zero-order valence-corrected chi connectivity index (χ0v) is 7.62. The van der Waals surface area contributed by atoms with Crippen LogP contribution in [0, 0.1) is 0 Å². The summed E-state index contributed by atoms with van der Waals surface area (Å²) in [6.07, 6.45) is 3.26. The number of aromatic nitrogens is 2. The zero-order chi connectivity index (χ0) is 7.56. The largest absolute Gasteiger partial charge is 0.312 e. The summed E-state index contributed by atoms with van der Waals surface area (Å²) < 4.78 is 0.502. The first kappa shape index (κ1) is 7.81. The van der Waals surface area contributed by atoms with E-state index in [1.165, 1.54) is 18.1 Å². The quantitative estimate of drug-likeness (QED) is 0.573. The molecule has 10 heavy (non-hydrogen) atoms. The van der Waals surface area contributed by atoms with E-state index in [9.17, 15) is 4.79 Å². The van der Waals surface area contributed by atoms with Crippen molar-refractivity contribution in [2.75, 3.05) is 6.26 Å². The molecular weight excluding hydrogens is 216 g/mol. The number of nitrogens with zero attached hydrogens (tertiary/aromatic N) is 1. The fraction of sp³-hybridized carbons (Fsp3) is 0.200. The lowest BCUT2D eigenvalue weighted by Gasteiger charge is -1.94. The smallest absolute Gasteiger partial charge is 0.266 e. The topological polar surface area (TPSA) is 45.8 Å². The third kappa shape index (κ3) is 1.41. The van der Waals surface area contributed by atoms with Gasteiger partial charge in [-0.2, -0.15) is 0 Å². The van der Waals surface area contributed by atoms with Crippen LogP contribution >= 0.6 is 27.7 Å². The van der Waals surface area contributed by atoms with Gasteiger partial charge in [0, 0.05) is 0 Å². The summed E-state index contributed by atoms with van der Waals surface area (Å²) in [5.74, 6) is 0. The Hall–Kier alpha value is -0.290. The van der Waals surface area contributed by atoms with Gasteiger partial charge in [-0.05, 0) is 22.2 Å². The highest BCUT2D eigenvalue weighted by Gasteiger charge is 2.01. The first-order valence-electron chi connectivity index (χ1n) is 2.53. The molecule has 1 aromatic rings. The molecule has 5 heteroatoms. The van der Waals surface area contributed by atoms with Crippen LogP contribution in [0.2, 0.25) is 0 Å². The van der Waals surface area contributed by atoms with Gasteiger partial charge in [0.15, 0.2) is 0 Å². The van der Waals surface area contributed by atoms with E-state index in [-0.39, 0.29) is 5.56 Å². The number of halogens is 1. The maximum Gasteiger partial charge on any atom is 0.266 e. The summed E-state index contributed by atoms with van der Waals surface area (Å²) in [4.78, 5) is 17.2. The average molecular weight is 221 g/mol. The molecule has 1 aromatic heterocycles. The molecule has 1 rings (SSSR count). The molecule has 0 atom stereocenters. The molecule has 0 saturated heterocycles. The van der Waals surface area contributed by atoms with Crippen molar-refractivity contribution in [1.29, 1.82) is 0 Å². The molecule has 0 bridgehead atoms. The molecule has 0 saturated carbocycles. The van der Waals surface area contributed by atoms with Crippen LogP contribution in [0.3, 0.4) is 0 Å². The third-order valence-corrected chi connectivity index (χ3v) is 2.65. The molecule has 1 heterocycles. The van der Waals surface area contributed by atoms with E-state index in [0.717, 1.165) is 0 Å². The Bertz CT molecular complexity index is 285. The Balaban J connectivity index is 3.28. The van der Waals surface area contributed by atoms with E-state index < -0.39 is 0 Å². The highest BCUT2D eigenvalue weighted by Crippen LogP contribution is 2.17. The molecule has 1 N–H and O–H groups in total. The lowest BCUT2D eigenvalue weighted by Crippen LogP contribution is -2.07. The number of H-pyrrole nitrogens is 1. The Labute approximate surface area is 70.4 Å². The second kappa shape index (κ2) is 3.21. The van der Waals surface area contributed by atoms with Crippen molar-refractivity contribution in [3.05, 3.63) is 21.2 Å². The van der Waals surface area contributed by atoms with E-state index in [2.05, 4.69) is 25.9 Å². The number of aromatic amines is 1. The first-order valence-corrected chi connectivity index (χ1v) is 4.54. The molecule has 3 nitrogen and oxygen atoms in total. The average Bonchev–Trinajstić information content (AvgIpc) is 1.95. The minimum Gasteiger partial charge on any atom is -0.312 e. The van der Waals surface area contributed by atoms with Crippen LogP contribution in [-0.4, -0.2) is 16.2 Å². The Morgan fingerprint density at radius 3 is 3.00 bits per heavy atom. The van der Waals surface area contributed by atoms with Gasteiger partial charge < -0.3 is 4.98 Å². The lowest BCUT2D eigenvalue weighted by molar-refractivity contribution is 0.993. The second-order valence-electron chi connectivity index (χ2n) is 1.55. The monoisotopic (exact) mass is 220 g/mol. The molecular formula is C5H5BrN2OS. The predicted molar refractivity (Wildman–Crippen MR) is 44.3 cm³/mol. The molecule has 54 valence electrons. The predicted octanol–water partition coefficient (Wildman–Crippen LogP) is 1.25. The van der Waals surface area contributed by atoms with Crippen molar-refractivity contribution in [3.63, 3.8) is 0 Å². The summed E-state index contributed by atoms with van der Waals surface area (Å²) in [5.41, 5.74) is -0.139. The summed E-state index contributed by atoms with van der Waals surface area (Å²) in [5, 5.41) is 0.712. The molecule has 0 aliphatic rings. The molecule has 0 amide bonds. The van der Waals surface area contributed by atoms with Gasteiger partial charge in [-0.3, -0.25) is 4.79 Å². The van der Waals surface area contributed by atoms with Gasteiger partial charge in [0.25, 0.3) is 5.56 Å². The van der Waals surface area contributed by atoms with Crippen molar-refractivity contribution in [1.82, 2.24) is 9.97 Å². The number of hydrogen-bond acceptors (Lipinski definition) is 3. The summed E-state index contributed by atoms with van der Waals surface area (Å²) in [6.45, 7) is 0. The molecule has 0 aliphatic heterocycles. The van der Waals surface area contributed by atoms with Crippen LogP contribution in [0.5, 0.6) is 0 Å². The van der Waals surface area contributed by atoms with Gasteiger partial charge in [-0.15, -0.1) is 11.8 Å². The second-order valence-corrected chi connectivity index (χ2v) is 3.14. The van der Waals surface area contributed by atoms with Gasteiger partial charge in [0.2, 0.25) is 0 Å². The molecule has 0 fully saturated rings. The van der Waals surface area contributed by atoms with E-state index in [1.54, 1.807) is 0 Å². The van der Waals surface area contributed by atoms with Crippen molar-refractivity contribution in [2.45, 2.75) is 5.03 Å². The van der Waals surface area contributed by atoms with Crippen LogP contribution < -0.4 is 5.56 Å². The van der Waals surface area contributed by atoms with Gasteiger partial charge in [0.05, 0.1) is 6.33 Å². The fourth-order valence-electron chi connectivity index (χ4n) is 0.509. The van der Waals surface area contributed by atoms with Crippen molar-refractivity contribution >= 4 is 27.7 Å². The summed E-state index contributed by atoms with van der Waals surface area (Å²) >= 11 is 4.54. The number of nitrogens with one attached hydrogen (secondary N) is 1. The minimum atomic E-state index is -0.139. The van der Waals surface area contributed by atoms with Crippen LogP contribution in [0.15, 0.2) is 20.6 Å². The van der Waals surface area contributed by atoms with Gasteiger partial charge in [-0.25, -0.2) is 4.98 Å². The normalized spacial score (nSPS) is 9.80. The van der Waals surface area contributed by atoms with Gasteiger partial charge in [-0.1, -0.05) is 0 Å². The van der Waals surface area contributed by atoms with E-state index in [4.69, 9.17) is 0 Å². The SMILES string of the molecule is CSc1nc[nH]c(=O)c1Br. The molecule has 0 unspecified atom stereocenters. The van der Waals surface area contributed by atoms with E-state index >= 15 is 0 Å². The fourth-order valence-corrected chi connectivity index (χ4v) is 1.64. The number of rotatable bonds is 1. The lowest BCUT2D eigenvalue weighted by atomic mass is 10.7. The molecule has 0 aromatic carbocycles. The first-order chi connectivity index (χ1) is 4.75. The molecule has 0 aliphatic carbocycles. The van der Waals surface area contributed by atoms with Crippen molar-refractivity contribution < 1.29 is 0 Å². The van der Waals surface area contributed by atoms with Crippen LogP contribution in [0.4, 0.5) is 0 Å². The standard InChI is InChI=1S/C5H5BrN2OS/c1-10-5-3(6)4(9)7-2-8-5/h2H,1H3,(H,7,8,9). The Morgan fingerprint density at radius 1 is 1.80 bits per heavy atom. The zero-order valence-electron chi connectivity index (χ0n) is 5.22. The maximum atomic E-state index is 10.8. The highest BCUT2D eigenvalue weighted by molar-refractivity contribution is 9.10.